The Labute approximate surface area is 271 Å². The summed E-state index contributed by atoms with van der Waals surface area (Å²) in [4.78, 5) is 35.0. The van der Waals surface area contributed by atoms with E-state index in [1.54, 1.807) is 0 Å². The number of hydrogen-bond donors (Lipinski definition) is 12. The van der Waals surface area contributed by atoms with Crippen LogP contribution in [0.15, 0.2) is 0 Å². The van der Waals surface area contributed by atoms with Crippen molar-refractivity contribution in [2.24, 2.45) is 0 Å². The summed E-state index contributed by atoms with van der Waals surface area (Å²) in [5, 5.41) is 126. The van der Waals surface area contributed by atoms with Crippen molar-refractivity contribution in [3.05, 3.63) is 0 Å². The quantitative estimate of drug-likeness (QED) is 0.0575. The van der Waals surface area contributed by atoms with Crippen LogP contribution in [0, 0.1) is 0 Å². The Balaban J connectivity index is 0.00000968. The predicted molar refractivity (Wildman–Crippen MR) is 129 cm³/mol. The second-order valence-corrected chi connectivity index (χ2v) is 10.1. The van der Waals surface area contributed by atoms with E-state index < -0.39 is 129 Å². The van der Waals surface area contributed by atoms with Gasteiger partial charge in [-0.3, -0.25) is 4.79 Å². The normalized spacial score (nSPS) is 36.5. The molecule has 44 heavy (non-hydrogen) atoms. The molecule has 0 aromatic heterocycles. The van der Waals surface area contributed by atoms with Crippen molar-refractivity contribution in [1.29, 1.82) is 0 Å². The summed E-state index contributed by atoms with van der Waals surface area (Å²) in [6.45, 7) is -2.23. The van der Waals surface area contributed by atoms with Gasteiger partial charge in [0.1, 0.15) is 73.1 Å². The first-order valence-electron chi connectivity index (χ1n) is 13.0. The molecule has 0 radical (unpaired) electrons. The van der Waals surface area contributed by atoms with Crippen LogP contribution in [0.1, 0.15) is 13.3 Å². The Morgan fingerprint density at radius 3 is 2.11 bits per heavy atom. The minimum atomic E-state index is -3.18. The molecule has 2 rings (SSSR count). The fraction of sp³-hybridized carbons (Fsp3) is 0.870. The molecule has 2 fully saturated rings. The van der Waals surface area contributed by atoms with E-state index in [9.17, 15) is 75.7 Å². The number of ether oxygens (including phenoxy) is 4. The van der Waals surface area contributed by atoms with E-state index in [2.05, 4.69) is 5.32 Å². The van der Waals surface area contributed by atoms with Gasteiger partial charge in [-0.15, -0.1) is 0 Å². The summed E-state index contributed by atoms with van der Waals surface area (Å²) in [5.74, 6) is -6.22. The van der Waals surface area contributed by atoms with Gasteiger partial charge < -0.3 is 95.1 Å². The van der Waals surface area contributed by atoms with Gasteiger partial charge in [0.15, 0.2) is 12.6 Å². The van der Waals surface area contributed by atoms with Gasteiger partial charge in [-0.05, 0) is 0 Å². The molecule has 21 heteroatoms. The number of hydrogen-bond acceptors (Lipinski definition) is 19. The topological polar surface area (TPSA) is 346 Å². The Kier molecular flexibility index (Phi) is 16.6. The molecule has 0 aromatic rings. The van der Waals surface area contributed by atoms with Crippen molar-refractivity contribution in [3.63, 3.8) is 0 Å². The summed E-state index contributed by atoms with van der Waals surface area (Å²) in [5.41, 5.74) is 0. The summed E-state index contributed by atoms with van der Waals surface area (Å²) in [7, 11) is 0. The fourth-order valence-corrected chi connectivity index (χ4v) is 4.70. The molecular weight excluding hydrogens is 617 g/mol. The van der Waals surface area contributed by atoms with E-state index in [1.807, 2.05) is 0 Å². The van der Waals surface area contributed by atoms with Crippen LogP contribution in [0.4, 0.5) is 0 Å². The molecule has 2 aliphatic rings. The van der Waals surface area contributed by atoms with Crippen LogP contribution in [-0.2, 0) is 33.3 Å². The zero-order valence-corrected chi connectivity index (χ0v) is 25.7. The van der Waals surface area contributed by atoms with E-state index in [0.717, 1.165) is 6.92 Å². The number of carbonyl (C=O) groups is 3. The van der Waals surface area contributed by atoms with Crippen LogP contribution in [0.2, 0.25) is 0 Å². The maximum Gasteiger partial charge on any atom is 1.00 e. The van der Waals surface area contributed by atoms with Gasteiger partial charge in [-0.2, -0.15) is 0 Å². The number of amides is 1. The summed E-state index contributed by atoms with van der Waals surface area (Å²) >= 11 is 0. The number of aldehydes is 1. The van der Waals surface area contributed by atoms with Crippen molar-refractivity contribution in [2.75, 3.05) is 19.8 Å². The standard InChI is InChI=1S/C23H39NO19.Na/c1-7(29)24-13-8(30)2-23(22(38)39,42-19(13)15(35)10(32)4-26)43-20-16(36)12(6-28)40-21(17(20)37)41-18(11(33)5-27)14(34)9(31)3-25;/h3,8-21,26-28,30-37H,2,4-6H2,1H3,(H,24,29)(H,38,39);/q;+1/p-1/t8-,9-,10+,11+,12+,13+,14+,15+,16-,17+,18+,19+,20-,21-,23-;/m0./s1. The summed E-state index contributed by atoms with van der Waals surface area (Å²) < 4.78 is 21.3. The third-order valence-corrected chi connectivity index (χ3v) is 7.00. The fourth-order valence-electron chi connectivity index (χ4n) is 4.70. The van der Waals surface area contributed by atoms with Crippen molar-refractivity contribution in [1.82, 2.24) is 5.32 Å². The molecule has 0 unspecified atom stereocenters. The first-order valence-corrected chi connectivity index (χ1v) is 13.0. The smallest absolute Gasteiger partial charge is 0.544 e. The number of aliphatic hydroxyl groups is 11. The van der Waals surface area contributed by atoms with Gasteiger partial charge in [-0.25, -0.2) is 0 Å². The Morgan fingerprint density at radius 2 is 1.64 bits per heavy atom. The molecule has 0 aromatic carbocycles. The van der Waals surface area contributed by atoms with Gasteiger partial charge in [-0.1, -0.05) is 0 Å². The molecule has 0 spiro atoms. The van der Waals surface area contributed by atoms with Gasteiger partial charge >= 0.3 is 29.6 Å². The Bertz CT molecular complexity index is 934. The maximum absolute atomic E-state index is 12.4. The average Bonchev–Trinajstić information content (AvgIpc) is 2.97. The van der Waals surface area contributed by atoms with Gasteiger partial charge in [0, 0.05) is 13.3 Å². The van der Waals surface area contributed by atoms with Gasteiger partial charge in [0.25, 0.3) is 0 Å². The zero-order valence-electron chi connectivity index (χ0n) is 23.7. The second kappa shape index (κ2) is 17.8. The molecule has 15 atom stereocenters. The molecule has 20 nitrogen and oxygen atoms in total. The number of carbonyl (C=O) groups excluding carboxylic acids is 3. The van der Waals surface area contributed by atoms with Crippen molar-refractivity contribution in [2.45, 2.75) is 105 Å². The van der Waals surface area contributed by atoms with Crippen LogP contribution >= 0.6 is 0 Å². The van der Waals surface area contributed by atoms with E-state index in [0.29, 0.717) is 0 Å². The average molecular weight is 656 g/mol. The third-order valence-electron chi connectivity index (χ3n) is 7.00. The van der Waals surface area contributed by atoms with Crippen molar-refractivity contribution < 1.29 is 124 Å². The number of carboxylic acids is 1. The molecule has 2 heterocycles. The van der Waals surface area contributed by atoms with Crippen LogP contribution in [-0.4, -0.2) is 186 Å². The van der Waals surface area contributed by atoms with Crippen molar-refractivity contribution >= 4 is 18.2 Å². The van der Waals surface area contributed by atoms with Crippen molar-refractivity contribution in [3.8, 4) is 0 Å². The maximum atomic E-state index is 12.4. The van der Waals surface area contributed by atoms with Gasteiger partial charge in [0.2, 0.25) is 11.7 Å². The first-order chi connectivity index (χ1) is 20.1. The monoisotopic (exact) mass is 655 g/mol. The van der Waals surface area contributed by atoms with E-state index in [-0.39, 0.29) is 35.8 Å². The van der Waals surface area contributed by atoms with Crippen LogP contribution in [0.25, 0.3) is 0 Å². The van der Waals surface area contributed by atoms with Crippen LogP contribution in [0.5, 0.6) is 0 Å². The molecule has 12 N–H and O–H groups in total. The minimum absolute atomic E-state index is 0. The first kappa shape index (κ1) is 41.0. The SMILES string of the molecule is CC(=O)N[C@H]1[C@H]([C@H](O)[C@H](O)CO)O[C@@](O[C@H]2[C@@H](O)[C@@H](CO)O[C@@H](O[C@@H]([C@H](O)[C@@H](O)C=O)[C@H](O)CO)[C@@H]2O)(C(=O)[O-])C[C@@H]1O.[Na+]. The molecular formula is C23H38NNaO19. The number of nitrogens with one attached hydrogen (secondary N) is 1. The van der Waals surface area contributed by atoms with Gasteiger partial charge in [0.05, 0.1) is 32.0 Å². The molecule has 0 aliphatic carbocycles. The third kappa shape index (κ3) is 9.30. The molecule has 1 amide bonds. The number of aliphatic hydroxyl groups excluding tert-OH is 11. The predicted octanol–water partition coefficient (Wildman–Crippen LogP) is -12.7. The Morgan fingerprint density at radius 1 is 1.05 bits per heavy atom. The van der Waals surface area contributed by atoms with E-state index in [4.69, 9.17) is 18.9 Å². The Hall–Kier alpha value is -0.990. The molecule has 0 saturated carbocycles. The van der Waals surface area contributed by atoms with Crippen LogP contribution < -0.4 is 40.0 Å². The molecule has 250 valence electrons. The van der Waals surface area contributed by atoms with E-state index >= 15 is 0 Å². The second-order valence-electron chi connectivity index (χ2n) is 10.1. The molecule has 2 saturated heterocycles. The molecule has 0 bridgehead atoms. The summed E-state index contributed by atoms with van der Waals surface area (Å²) in [6, 6.07) is -1.60. The van der Waals surface area contributed by atoms with E-state index in [1.165, 1.54) is 0 Å². The number of aliphatic carboxylic acids is 1. The number of carboxylic acid groups (broad SMARTS) is 1. The molecule has 2 aliphatic heterocycles. The summed E-state index contributed by atoms with van der Waals surface area (Å²) in [6.07, 6.45) is -28.4. The zero-order chi connectivity index (χ0) is 32.8. The van der Waals surface area contributed by atoms with Crippen LogP contribution in [0.3, 0.4) is 0 Å². The minimum Gasteiger partial charge on any atom is -0.544 e. The largest absolute Gasteiger partial charge is 1.00 e. The number of rotatable bonds is 15.